The number of phenols is 2. The third-order valence-electron chi connectivity index (χ3n) is 10.7. The summed E-state index contributed by atoms with van der Waals surface area (Å²) >= 11 is 0. The highest BCUT2D eigenvalue weighted by Crippen LogP contribution is 2.24. The van der Waals surface area contributed by atoms with Crippen LogP contribution >= 0.6 is 0 Å². The lowest BCUT2D eigenvalue weighted by Gasteiger charge is -2.12. The van der Waals surface area contributed by atoms with E-state index in [1.165, 1.54) is 99.3 Å². The van der Waals surface area contributed by atoms with E-state index in [2.05, 4.69) is 99.3 Å². The second-order valence-corrected chi connectivity index (χ2v) is 15.7. The molecule has 0 aromatic heterocycles. The molecule has 4 aromatic rings. The van der Waals surface area contributed by atoms with Crippen LogP contribution < -0.4 is 0 Å². The maximum absolute atomic E-state index is 9.79. The Morgan fingerprint density at radius 1 is 0.328 bits per heavy atom. The summed E-state index contributed by atoms with van der Waals surface area (Å²) < 4.78 is 0. The third kappa shape index (κ3) is 16.3. The molecule has 0 atom stereocenters. The van der Waals surface area contributed by atoms with E-state index >= 15 is 0 Å². The number of aryl methyl sites for hydroxylation is 4. The van der Waals surface area contributed by atoms with Gasteiger partial charge in [0.25, 0.3) is 0 Å². The van der Waals surface area contributed by atoms with Gasteiger partial charge in [-0.25, -0.2) is 0 Å². The normalized spacial score (nSPS) is 10.3. The molecule has 0 saturated carbocycles. The van der Waals surface area contributed by atoms with Crippen LogP contribution in [0.25, 0.3) is 0 Å². The summed E-state index contributed by atoms with van der Waals surface area (Å²) in [5.41, 5.74) is 11.1. The number of rotatable bonds is 20. The Bertz CT molecular complexity index is 1950. The van der Waals surface area contributed by atoms with Crippen LogP contribution in [-0.4, -0.2) is 10.2 Å². The minimum Gasteiger partial charge on any atom is -0.508 e. The topological polar surface area (TPSA) is 40.5 Å². The molecule has 0 fully saturated rings. The van der Waals surface area contributed by atoms with Crippen molar-refractivity contribution in [2.75, 3.05) is 0 Å². The van der Waals surface area contributed by atoms with Gasteiger partial charge in [0.2, 0.25) is 0 Å². The molecule has 0 saturated heterocycles. The molecule has 4 rings (SSSR count). The molecule has 0 radical (unpaired) electrons. The van der Waals surface area contributed by atoms with Gasteiger partial charge in [0.15, 0.2) is 0 Å². The lowest BCUT2D eigenvalue weighted by molar-refractivity contribution is 0.474. The summed E-state index contributed by atoms with van der Waals surface area (Å²) in [5, 5.41) is 19.6. The average Bonchev–Trinajstić information content (AvgIpc) is 3.23. The largest absolute Gasteiger partial charge is 0.508 e. The third-order valence-corrected chi connectivity index (χ3v) is 10.7. The SMILES string of the molecule is CCCCCCc1cc(C#Cc2ccc(O)cc2)c(CCCCCC)cc1C#CC#Cc1cc(CCCCCC)c(C#Cc2ccc(O)cc2)cc1CCCCCC. The lowest BCUT2D eigenvalue weighted by atomic mass is 9.92. The van der Waals surface area contributed by atoms with Crippen molar-refractivity contribution in [3.05, 3.63) is 128 Å². The molecule has 2 nitrogen and oxygen atoms in total. The predicted molar refractivity (Wildman–Crippen MR) is 246 cm³/mol. The van der Waals surface area contributed by atoms with Crippen molar-refractivity contribution in [1.29, 1.82) is 0 Å². The number of hydrogen-bond acceptors (Lipinski definition) is 2. The average molecular weight is 771 g/mol. The van der Waals surface area contributed by atoms with Crippen molar-refractivity contribution in [2.24, 2.45) is 0 Å². The van der Waals surface area contributed by atoms with Crippen LogP contribution in [0.5, 0.6) is 11.5 Å². The maximum Gasteiger partial charge on any atom is 0.115 e. The first-order valence-electron chi connectivity index (χ1n) is 22.4. The molecule has 4 aromatic carbocycles. The maximum atomic E-state index is 9.79. The van der Waals surface area contributed by atoms with Crippen molar-refractivity contribution < 1.29 is 10.2 Å². The Morgan fingerprint density at radius 3 is 0.879 bits per heavy atom. The summed E-state index contributed by atoms with van der Waals surface area (Å²) in [7, 11) is 0. The van der Waals surface area contributed by atoms with Gasteiger partial charge in [-0.3, -0.25) is 0 Å². The van der Waals surface area contributed by atoms with Gasteiger partial charge in [-0.15, -0.1) is 0 Å². The van der Waals surface area contributed by atoms with Gasteiger partial charge in [0.1, 0.15) is 11.5 Å². The molecule has 0 heterocycles. The Kier molecular flexibility index (Phi) is 20.8. The van der Waals surface area contributed by atoms with Gasteiger partial charge in [0.05, 0.1) is 0 Å². The monoisotopic (exact) mass is 771 g/mol. The summed E-state index contributed by atoms with van der Waals surface area (Å²) in [5.74, 6) is 27.9. The fourth-order valence-electron chi connectivity index (χ4n) is 7.21. The molecule has 0 bridgehead atoms. The van der Waals surface area contributed by atoms with E-state index in [0.29, 0.717) is 0 Å². The molecular formula is C56H66O2. The van der Waals surface area contributed by atoms with E-state index < -0.39 is 0 Å². The number of unbranched alkanes of at least 4 members (excludes halogenated alkanes) is 12. The molecule has 2 N–H and O–H groups in total. The van der Waals surface area contributed by atoms with E-state index in [4.69, 9.17) is 0 Å². The van der Waals surface area contributed by atoms with Gasteiger partial charge in [-0.2, -0.15) is 0 Å². The van der Waals surface area contributed by atoms with Crippen LogP contribution in [0, 0.1) is 47.4 Å². The molecule has 58 heavy (non-hydrogen) atoms. The summed E-state index contributed by atoms with van der Waals surface area (Å²) in [6, 6.07) is 23.5. The first kappa shape index (κ1) is 45.4. The van der Waals surface area contributed by atoms with Crippen molar-refractivity contribution in [3.8, 4) is 58.9 Å². The van der Waals surface area contributed by atoms with Crippen molar-refractivity contribution >= 4 is 0 Å². The van der Waals surface area contributed by atoms with Crippen molar-refractivity contribution in [2.45, 2.75) is 156 Å². The van der Waals surface area contributed by atoms with Crippen LogP contribution in [0.1, 0.15) is 186 Å². The predicted octanol–water partition coefficient (Wildman–Crippen LogP) is 13.8. The molecule has 0 unspecified atom stereocenters. The van der Waals surface area contributed by atoms with Gasteiger partial charge in [-0.1, -0.05) is 140 Å². The molecule has 302 valence electrons. The minimum atomic E-state index is 0.252. The quantitative estimate of drug-likeness (QED) is 0.0694. The Morgan fingerprint density at radius 2 is 0.603 bits per heavy atom. The summed E-state index contributed by atoms with van der Waals surface area (Å²) in [6.07, 6.45) is 23.0. The Balaban J connectivity index is 1.76. The summed E-state index contributed by atoms with van der Waals surface area (Å²) in [4.78, 5) is 0. The second kappa shape index (κ2) is 26.6. The van der Waals surface area contributed by atoms with E-state index in [1.807, 2.05) is 24.3 Å². The van der Waals surface area contributed by atoms with Gasteiger partial charge in [-0.05, 0) is 158 Å². The molecular weight excluding hydrogens is 705 g/mol. The van der Waals surface area contributed by atoms with Crippen molar-refractivity contribution in [3.63, 3.8) is 0 Å². The Labute approximate surface area is 352 Å². The van der Waals surface area contributed by atoms with Gasteiger partial charge >= 0.3 is 0 Å². The van der Waals surface area contributed by atoms with Gasteiger partial charge in [0, 0.05) is 33.4 Å². The number of phenolic OH excluding ortho intramolecular Hbond substituents is 2. The van der Waals surface area contributed by atoms with Crippen LogP contribution in [0.15, 0.2) is 72.8 Å². The number of hydrogen-bond donors (Lipinski definition) is 2. The standard InChI is InChI=1S/C56H66O2/c1-5-9-13-17-23-47-43-53(35-29-45-31-37-55(57)38-32-45)51(25-19-15-11-7-3)41-49(47)27-21-22-28-50-42-52(26-20-16-12-8-4)54(44-48(50)24-18-14-10-6-2)36-30-46-33-39-56(58)40-34-46/h31-34,37-44,57-58H,5-20,23-26H2,1-4H3. The second-order valence-electron chi connectivity index (χ2n) is 15.7. The van der Waals surface area contributed by atoms with Crippen LogP contribution in [0.3, 0.4) is 0 Å². The zero-order valence-electron chi connectivity index (χ0n) is 36.0. The highest BCUT2D eigenvalue weighted by atomic mass is 16.3. The minimum absolute atomic E-state index is 0.252. The first-order valence-corrected chi connectivity index (χ1v) is 22.4. The van der Waals surface area contributed by atoms with Crippen LogP contribution in [0.4, 0.5) is 0 Å². The zero-order chi connectivity index (χ0) is 41.2. The van der Waals surface area contributed by atoms with E-state index in [1.54, 1.807) is 24.3 Å². The smallest absolute Gasteiger partial charge is 0.115 e. The van der Waals surface area contributed by atoms with E-state index in [0.717, 1.165) is 84.7 Å². The fourth-order valence-corrected chi connectivity index (χ4v) is 7.21. The summed E-state index contributed by atoms with van der Waals surface area (Å²) in [6.45, 7) is 9.01. The van der Waals surface area contributed by atoms with E-state index in [9.17, 15) is 10.2 Å². The highest BCUT2D eigenvalue weighted by Gasteiger charge is 2.11. The van der Waals surface area contributed by atoms with Crippen molar-refractivity contribution in [1.82, 2.24) is 0 Å². The van der Waals surface area contributed by atoms with E-state index in [-0.39, 0.29) is 11.5 Å². The fraction of sp³-hybridized carbons (Fsp3) is 0.429. The lowest BCUT2D eigenvalue weighted by Crippen LogP contribution is -1.99. The van der Waals surface area contributed by atoms with Crippen LogP contribution in [-0.2, 0) is 25.7 Å². The number of benzene rings is 4. The molecule has 0 aliphatic heterocycles. The molecule has 0 spiro atoms. The van der Waals surface area contributed by atoms with Gasteiger partial charge < -0.3 is 10.2 Å². The number of aromatic hydroxyl groups is 2. The molecule has 2 heteroatoms. The molecule has 0 amide bonds. The highest BCUT2D eigenvalue weighted by molar-refractivity contribution is 5.58. The first-order chi connectivity index (χ1) is 28.4. The molecule has 0 aliphatic carbocycles. The zero-order valence-corrected chi connectivity index (χ0v) is 36.0. The van der Waals surface area contributed by atoms with Crippen LogP contribution in [0.2, 0.25) is 0 Å². The molecule has 0 aliphatic rings. The Hall–Kier alpha value is -5.28.